The molecule has 8 heteroatoms. The molecule has 1 fully saturated rings. The molecular weight excluding hydrogens is 316 g/mol. The predicted octanol–water partition coefficient (Wildman–Crippen LogP) is 1.77. The minimum atomic E-state index is -3.61. The van der Waals surface area contributed by atoms with Crippen molar-refractivity contribution in [3.63, 3.8) is 0 Å². The summed E-state index contributed by atoms with van der Waals surface area (Å²) in [4.78, 5) is 12.8. The SMILES string of the molecule is Cc1ccc(S(=O)(=O)NCCC2CN(C)C(=O)O2)cc1Cl. The van der Waals surface area contributed by atoms with Crippen molar-refractivity contribution in [2.45, 2.75) is 24.3 Å². The van der Waals surface area contributed by atoms with E-state index in [0.29, 0.717) is 18.0 Å². The highest BCUT2D eigenvalue weighted by Gasteiger charge is 2.28. The minimum absolute atomic E-state index is 0.124. The van der Waals surface area contributed by atoms with E-state index in [-0.39, 0.29) is 23.6 Å². The molecule has 116 valence electrons. The molecule has 2 rings (SSSR count). The molecule has 0 aromatic heterocycles. The van der Waals surface area contributed by atoms with E-state index in [0.717, 1.165) is 5.56 Å². The lowest BCUT2D eigenvalue weighted by Gasteiger charge is -2.10. The minimum Gasteiger partial charge on any atom is -0.444 e. The van der Waals surface area contributed by atoms with Crippen LogP contribution in [0.15, 0.2) is 23.1 Å². The van der Waals surface area contributed by atoms with Crippen LogP contribution in [0.1, 0.15) is 12.0 Å². The van der Waals surface area contributed by atoms with Crippen LogP contribution in [0.2, 0.25) is 5.02 Å². The number of nitrogens with zero attached hydrogens (tertiary/aromatic N) is 1. The van der Waals surface area contributed by atoms with Crippen molar-refractivity contribution in [3.05, 3.63) is 28.8 Å². The highest BCUT2D eigenvalue weighted by molar-refractivity contribution is 7.89. The first-order valence-corrected chi connectivity index (χ1v) is 8.33. The van der Waals surface area contributed by atoms with Crippen LogP contribution >= 0.6 is 11.6 Å². The molecule has 1 aromatic carbocycles. The van der Waals surface area contributed by atoms with E-state index >= 15 is 0 Å². The zero-order valence-corrected chi connectivity index (χ0v) is 13.4. The Bertz CT molecular complexity index is 648. The molecular formula is C13H17ClN2O4S. The summed E-state index contributed by atoms with van der Waals surface area (Å²) in [5, 5.41) is 0.407. The van der Waals surface area contributed by atoms with E-state index in [1.54, 1.807) is 20.0 Å². The van der Waals surface area contributed by atoms with Gasteiger partial charge in [0.05, 0.1) is 11.4 Å². The molecule has 1 unspecified atom stereocenters. The number of carbonyl (C=O) groups excluding carboxylic acids is 1. The fraction of sp³-hybridized carbons (Fsp3) is 0.462. The van der Waals surface area contributed by atoms with E-state index < -0.39 is 10.0 Å². The van der Waals surface area contributed by atoms with Crippen molar-refractivity contribution >= 4 is 27.7 Å². The third-order valence-electron chi connectivity index (χ3n) is 3.27. The molecule has 0 spiro atoms. The van der Waals surface area contributed by atoms with Crippen LogP contribution in [0.4, 0.5) is 4.79 Å². The lowest BCUT2D eigenvalue weighted by atomic mass is 10.2. The first kappa shape index (κ1) is 16.1. The Kier molecular flexibility index (Phi) is 4.75. The number of sulfonamides is 1. The van der Waals surface area contributed by atoms with Crippen molar-refractivity contribution in [2.24, 2.45) is 0 Å². The van der Waals surface area contributed by atoms with Crippen LogP contribution in [-0.2, 0) is 14.8 Å². The van der Waals surface area contributed by atoms with Crippen LogP contribution in [0, 0.1) is 6.92 Å². The van der Waals surface area contributed by atoms with Gasteiger partial charge in [-0.05, 0) is 31.0 Å². The maximum Gasteiger partial charge on any atom is 0.409 e. The second kappa shape index (κ2) is 6.21. The van der Waals surface area contributed by atoms with Gasteiger partial charge in [-0.1, -0.05) is 17.7 Å². The lowest BCUT2D eigenvalue weighted by molar-refractivity contribution is 0.131. The Morgan fingerprint density at radius 1 is 1.48 bits per heavy atom. The molecule has 1 aliphatic rings. The van der Waals surface area contributed by atoms with Gasteiger partial charge in [0.1, 0.15) is 6.10 Å². The van der Waals surface area contributed by atoms with Crippen molar-refractivity contribution < 1.29 is 17.9 Å². The van der Waals surface area contributed by atoms with Gasteiger partial charge >= 0.3 is 6.09 Å². The number of ether oxygens (including phenoxy) is 1. The Balaban J connectivity index is 1.92. The number of amides is 1. The molecule has 0 aliphatic carbocycles. The summed E-state index contributed by atoms with van der Waals surface area (Å²) in [6.45, 7) is 2.47. The fourth-order valence-corrected chi connectivity index (χ4v) is 3.30. The predicted molar refractivity (Wildman–Crippen MR) is 78.9 cm³/mol. The third kappa shape index (κ3) is 3.87. The Labute approximate surface area is 129 Å². The van der Waals surface area contributed by atoms with Crippen molar-refractivity contribution in [1.82, 2.24) is 9.62 Å². The number of likely N-dealkylation sites (N-methyl/N-ethyl adjacent to an activating group) is 1. The van der Waals surface area contributed by atoms with Crippen LogP contribution in [0.3, 0.4) is 0 Å². The largest absolute Gasteiger partial charge is 0.444 e. The number of carbonyl (C=O) groups is 1. The van der Waals surface area contributed by atoms with Crippen LogP contribution in [0.5, 0.6) is 0 Å². The molecule has 1 aromatic rings. The average Bonchev–Trinajstić information content (AvgIpc) is 2.71. The third-order valence-corrected chi connectivity index (χ3v) is 5.13. The van der Waals surface area contributed by atoms with Crippen molar-refractivity contribution in [3.8, 4) is 0 Å². The van der Waals surface area contributed by atoms with Crippen LogP contribution in [-0.4, -0.2) is 45.7 Å². The number of hydrogen-bond acceptors (Lipinski definition) is 4. The summed E-state index contributed by atoms with van der Waals surface area (Å²) in [6, 6.07) is 4.58. The molecule has 0 bridgehead atoms. The van der Waals surface area contributed by atoms with Crippen LogP contribution in [0.25, 0.3) is 0 Å². The van der Waals surface area contributed by atoms with E-state index in [1.807, 2.05) is 0 Å². The van der Waals surface area contributed by atoms with E-state index in [1.165, 1.54) is 17.0 Å². The lowest BCUT2D eigenvalue weighted by Crippen LogP contribution is -2.28. The van der Waals surface area contributed by atoms with Crippen molar-refractivity contribution in [2.75, 3.05) is 20.1 Å². The number of rotatable bonds is 5. The van der Waals surface area contributed by atoms with Gasteiger partial charge in [0.25, 0.3) is 0 Å². The number of benzene rings is 1. The van der Waals surface area contributed by atoms with Gasteiger partial charge in [-0.2, -0.15) is 0 Å². The first-order chi connectivity index (χ1) is 9.79. The standard InChI is InChI=1S/C13H17ClN2O4S/c1-9-3-4-11(7-12(9)14)21(18,19)15-6-5-10-8-16(2)13(17)20-10/h3-4,7,10,15H,5-6,8H2,1-2H3. The van der Waals surface area contributed by atoms with Gasteiger partial charge in [0.15, 0.2) is 0 Å². The highest BCUT2D eigenvalue weighted by Crippen LogP contribution is 2.20. The first-order valence-electron chi connectivity index (χ1n) is 6.47. The molecule has 21 heavy (non-hydrogen) atoms. The summed E-state index contributed by atoms with van der Waals surface area (Å²) >= 11 is 5.93. The average molecular weight is 333 g/mol. The molecule has 1 N–H and O–H groups in total. The molecule has 1 amide bonds. The highest BCUT2D eigenvalue weighted by atomic mass is 35.5. The second-order valence-corrected chi connectivity index (χ2v) is 7.16. The van der Waals surface area contributed by atoms with Gasteiger partial charge in [0.2, 0.25) is 10.0 Å². The summed E-state index contributed by atoms with van der Waals surface area (Å²) in [7, 11) is -1.97. The maximum absolute atomic E-state index is 12.1. The number of nitrogens with one attached hydrogen (secondary N) is 1. The number of cyclic esters (lactones) is 1. The van der Waals surface area contributed by atoms with Gasteiger partial charge in [-0.15, -0.1) is 0 Å². The number of halogens is 1. The molecule has 0 radical (unpaired) electrons. The topological polar surface area (TPSA) is 75.7 Å². The van der Waals surface area contributed by atoms with E-state index in [2.05, 4.69) is 4.72 Å². The van der Waals surface area contributed by atoms with Gasteiger partial charge in [-0.25, -0.2) is 17.9 Å². The Hall–Kier alpha value is -1.31. The zero-order chi connectivity index (χ0) is 15.6. The number of aryl methyl sites for hydroxylation is 1. The zero-order valence-electron chi connectivity index (χ0n) is 11.8. The van der Waals surface area contributed by atoms with Gasteiger partial charge in [-0.3, -0.25) is 0 Å². The van der Waals surface area contributed by atoms with E-state index in [4.69, 9.17) is 16.3 Å². The smallest absolute Gasteiger partial charge is 0.409 e. The van der Waals surface area contributed by atoms with E-state index in [9.17, 15) is 13.2 Å². The Morgan fingerprint density at radius 3 is 2.76 bits per heavy atom. The summed E-state index contributed by atoms with van der Waals surface area (Å²) < 4.78 is 31.8. The molecule has 1 aliphatic heterocycles. The molecule has 1 saturated heterocycles. The van der Waals surface area contributed by atoms with Crippen molar-refractivity contribution in [1.29, 1.82) is 0 Å². The molecule has 1 atom stereocenters. The van der Waals surface area contributed by atoms with Gasteiger partial charge in [0, 0.05) is 18.6 Å². The molecule has 0 saturated carbocycles. The quantitative estimate of drug-likeness (QED) is 0.891. The molecule has 1 heterocycles. The maximum atomic E-state index is 12.1. The summed E-state index contributed by atoms with van der Waals surface area (Å²) in [6.07, 6.45) is -0.241. The fourth-order valence-electron chi connectivity index (χ4n) is 1.98. The normalized spacial score (nSPS) is 18.9. The van der Waals surface area contributed by atoms with Gasteiger partial charge < -0.3 is 9.64 Å². The monoisotopic (exact) mass is 332 g/mol. The summed E-state index contributed by atoms with van der Waals surface area (Å²) in [5.74, 6) is 0. The summed E-state index contributed by atoms with van der Waals surface area (Å²) in [5.41, 5.74) is 0.816. The Morgan fingerprint density at radius 2 is 2.19 bits per heavy atom. The second-order valence-electron chi connectivity index (χ2n) is 4.98. The van der Waals surface area contributed by atoms with Crippen LogP contribution < -0.4 is 4.72 Å². The number of hydrogen-bond donors (Lipinski definition) is 1. The molecule has 6 nitrogen and oxygen atoms in total.